The van der Waals surface area contributed by atoms with Gasteiger partial charge in [0.05, 0.1) is 5.92 Å². The number of amides is 1. The molecule has 1 heterocycles. The van der Waals surface area contributed by atoms with Crippen molar-refractivity contribution in [2.75, 3.05) is 25.0 Å². The summed E-state index contributed by atoms with van der Waals surface area (Å²) in [6.45, 7) is 1.83. The van der Waals surface area contributed by atoms with Crippen molar-refractivity contribution in [3.8, 4) is 0 Å². The van der Waals surface area contributed by atoms with Crippen LogP contribution in [0.1, 0.15) is 12.8 Å². The summed E-state index contributed by atoms with van der Waals surface area (Å²) in [5.41, 5.74) is 0.940. The van der Waals surface area contributed by atoms with Gasteiger partial charge in [-0.15, -0.1) is 0 Å². The lowest BCUT2D eigenvalue weighted by atomic mass is 9.98. The molecule has 92 valence electrons. The standard InChI is InChI=1S/C13H17BrN2O/c1-16(12-6-2-5-11(14)8-12)13(17)10-4-3-7-15-9-10/h2,5-6,8,10,15H,3-4,7,9H2,1H3. The van der Waals surface area contributed by atoms with Gasteiger partial charge in [0.1, 0.15) is 0 Å². The zero-order chi connectivity index (χ0) is 12.3. The minimum absolute atomic E-state index is 0.118. The first-order valence-electron chi connectivity index (χ1n) is 5.92. The molecule has 0 bridgehead atoms. The Hall–Kier alpha value is -0.870. The molecule has 0 aliphatic carbocycles. The number of nitrogens with zero attached hydrogens (tertiary/aromatic N) is 1. The zero-order valence-corrected chi connectivity index (χ0v) is 11.5. The van der Waals surface area contributed by atoms with Crippen LogP contribution >= 0.6 is 15.9 Å². The maximum Gasteiger partial charge on any atom is 0.231 e. The van der Waals surface area contributed by atoms with Gasteiger partial charge in [-0.2, -0.15) is 0 Å². The van der Waals surface area contributed by atoms with Crippen molar-refractivity contribution in [2.45, 2.75) is 12.8 Å². The summed E-state index contributed by atoms with van der Waals surface area (Å²) >= 11 is 3.43. The normalized spacial score (nSPS) is 20.0. The van der Waals surface area contributed by atoms with Crippen LogP contribution in [0.25, 0.3) is 0 Å². The Balaban J connectivity index is 2.08. The van der Waals surface area contributed by atoms with Gasteiger partial charge in [0.2, 0.25) is 5.91 Å². The Bertz CT molecular complexity index is 402. The van der Waals surface area contributed by atoms with Gasteiger partial charge in [0, 0.05) is 23.8 Å². The fourth-order valence-corrected chi connectivity index (χ4v) is 2.54. The van der Waals surface area contributed by atoms with Gasteiger partial charge in [0.15, 0.2) is 0 Å². The summed E-state index contributed by atoms with van der Waals surface area (Å²) in [7, 11) is 1.85. The van der Waals surface area contributed by atoms with Crippen LogP contribution in [-0.2, 0) is 4.79 Å². The minimum Gasteiger partial charge on any atom is -0.316 e. The first kappa shape index (κ1) is 12.6. The van der Waals surface area contributed by atoms with Gasteiger partial charge in [-0.3, -0.25) is 4.79 Å². The topological polar surface area (TPSA) is 32.3 Å². The number of hydrogen-bond acceptors (Lipinski definition) is 2. The number of benzene rings is 1. The van der Waals surface area contributed by atoms with E-state index in [0.717, 1.165) is 36.1 Å². The zero-order valence-electron chi connectivity index (χ0n) is 9.95. The van der Waals surface area contributed by atoms with Crippen molar-refractivity contribution in [1.82, 2.24) is 5.32 Å². The number of carbonyl (C=O) groups excluding carboxylic acids is 1. The van der Waals surface area contributed by atoms with E-state index in [1.54, 1.807) is 4.90 Å². The average Bonchev–Trinajstić information content (AvgIpc) is 2.38. The van der Waals surface area contributed by atoms with E-state index in [0.29, 0.717) is 0 Å². The fourth-order valence-electron chi connectivity index (χ4n) is 2.15. The molecule has 1 aromatic carbocycles. The van der Waals surface area contributed by atoms with Crippen molar-refractivity contribution < 1.29 is 4.79 Å². The SMILES string of the molecule is CN(C(=O)C1CCCNC1)c1cccc(Br)c1. The molecule has 1 amide bonds. The lowest BCUT2D eigenvalue weighted by molar-refractivity contribution is -0.122. The lowest BCUT2D eigenvalue weighted by Crippen LogP contribution is -2.41. The van der Waals surface area contributed by atoms with Gasteiger partial charge < -0.3 is 10.2 Å². The second-order valence-corrected chi connectivity index (χ2v) is 5.34. The molecule has 4 heteroatoms. The smallest absolute Gasteiger partial charge is 0.231 e. The van der Waals surface area contributed by atoms with E-state index in [9.17, 15) is 4.79 Å². The van der Waals surface area contributed by atoms with Crippen LogP contribution in [0.2, 0.25) is 0 Å². The molecule has 0 spiro atoms. The highest BCUT2D eigenvalue weighted by Gasteiger charge is 2.24. The summed E-state index contributed by atoms with van der Waals surface area (Å²) < 4.78 is 0.997. The van der Waals surface area contributed by atoms with Gasteiger partial charge in [-0.05, 0) is 37.6 Å². The van der Waals surface area contributed by atoms with Crippen LogP contribution in [0.3, 0.4) is 0 Å². The monoisotopic (exact) mass is 296 g/mol. The predicted molar refractivity (Wildman–Crippen MR) is 73.1 cm³/mol. The molecule has 1 saturated heterocycles. The summed E-state index contributed by atoms with van der Waals surface area (Å²) in [4.78, 5) is 14.0. The van der Waals surface area contributed by atoms with Crippen LogP contribution in [0.15, 0.2) is 28.7 Å². The Kier molecular flexibility index (Phi) is 4.18. The molecule has 0 aromatic heterocycles. The molecule has 0 radical (unpaired) electrons. The second kappa shape index (κ2) is 5.65. The minimum atomic E-state index is 0.118. The third-order valence-corrected chi connectivity index (χ3v) is 3.67. The number of rotatable bonds is 2. The first-order valence-corrected chi connectivity index (χ1v) is 6.71. The quantitative estimate of drug-likeness (QED) is 0.909. The second-order valence-electron chi connectivity index (χ2n) is 4.42. The van der Waals surface area contributed by atoms with Crippen molar-refractivity contribution in [2.24, 2.45) is 5.92 Å². The van der Waals surface area contributed by atoms with Crippen LogP contribution in [0.5, 0.6) is 0 Å². The Morgan fingerprint density at radius 2 is 2.35 bits per heavy atom. The third kappa shape index (κ3) is 3.07. The molecule has 3 nitrogen and oxygen atoms in total. The molecule has 1 fully saturated rings. The molecule has 1 atom stereocenters. The van der Waals surface area contributed by atoms with Crippen LogP contribution in [-0.4, -0.2) is 26.0 Å². The molecular formula is C13H17BrN2O. The van der Waals surface area contributed by atoms with Crippen LogP contribution in [0, 0.1) is 5.92 Å². The molecule has 1 N–H and O–H groups in total. The summed E-state index contributed by atoms with van der Waals surface area (Å²) in [5, 5.41) is 3.28. The Labute approximate surface area is 110 Å². The maximum absolute atomic E-state index is 12.3. The van der Waals surface area contributed by atoms with Gasteiger partial charge >= 0.3 is 0 Å². The van der Waals surface area contributed by atoms with E-state index in [2.05, 4.69) is 21.2 Å². The van der Waals surface area contributed by atoms with Crippen molar-refractivity contribution in [3.63, 3.8) is 0 Å². The van der Waals surface area contributed by atoms with Crippen LogP contribution in [0.4, 0.5) is 5.69 Å². The molecule has 1 aromatic rings. The lowest BCUT2D eigenvalue weighted by Gasteiger charge is -2.27. The number of carbonyl (C=O) groups is 1. The third-order valence-electron chi connectivity index (χ3n) is 3.17. The number of halogens is 1. The number of anilines is 1. The molecule has 1 unspecified atom stereocenters. The molecular weight excluding hydrogens is 280 g/mol. The number of piperidine rings is 1. The first-order chi connectivity index (χ1) is 8.18. The molecule has 1 aliphatic heterocycles. The fraction of sp³-hybridized carbons (Fsp3) is 0.462. The van der Waals surface area contributed by atoms with Gasteiger partial charge in [-0.25, -0.2) is 0 Å². The van der Waals surface area contributed by atoms with Crippen molar-refractivity contribution >= 4 is 27.5 Å². The van der Waals surface area contributed by atoms with E-state index in [-0.39, 0.29) is 11.8 Å². The summed E-state index contributed by atoms with van der Waals surface area (Å²) in [6, 6.07) is 7.83. The summed E-state index contributed by atoms with van der Waals surface area (Å²) in [5.74, 6) is 0.322. The van der Waals surface area contributed by atoms with E-state index >= 15 is 0 Å². The van der Waals surface area contributed by atoms with E-state index in [4.69, 9.17) is 0 Å². The van der Waals surface area contributed by atoms with E-state index in [1.165, 1.54) is 0 Å². The van der Waals surface area contributed by atoms with E-state index in [1.807, 2.05) is 31.3 Å². The Morgan fingerprint density at radius 3 is 3.00 bits per heavy atom. The highest BCUT2D eigenvalue weighted by Crippen LogP contribution is 2.22. The number of hydrogen-bond donors (Lipinski definition) is 1. The highest BCUT2D eigenvalue weighted by atomic mass is 79.9. The predicted octanol–water partition coefficient (Wildman–Crippen LogP) is 2.41. The van der Waals surface area contributed by atoms with Crippen molar-refractivity contribution in [1.29, 1.82) is 0 Å². The Morgan fingerprint density at radius 1 is 1.53 bits per heavy atom. The average molecular weight is 297 g/mol. The highest BCUT2D eigenvalue weighted by molar-refractivity contribution is 9.10. The maximum atomic E-state index is 12.3. The molecule has 0 saturated carbocycles. The van der Waals surface area contributed by atoms with E-state index < -0.39 is 0 Å². The largest absolute Gasteiger partial charge is 0.316 e. The molecule has 17 heavy (non-hydrogen) atoms. The molecule has 2 rings (SSSR count). The van der Waals surface area contributed by atoms with Crippen LogP contribution < -0.4 is 10.2 Å². The molecule has 1 aliphatic rings. The van der Waals surface area contributed by atoms with Crippen molar-refractivity contribution in [3.05, 3.63) is 28.7 Å². The summed E-state index contributed by atoms with van der Waals surface area (Å²) in [6.07, 6.45) is 2.08. The number of nitrogens with one attached hydrogen (secondary N) is 1. The van der Waals surface area contributed by atoms with Gasteiger partial charge in [0.25, 0.3) is 0 Å². The van der Waals surface area contributed by atoms with Gasteiger partial charge in [-0.1, -0.05) is 22.0 Å².